The quantitative estimate of drug-likeness (QED) is 0.0691. The lowest BCUT2D eigenvalue weighted by molar-refractivity contribution is -0.600. The zero-order chi connectivity index (χ0) is 42.3. The maximum absolute atomic E-state index is 13.3. The van der Waals surface area contributed by atoms with E-state index in [1.54, 1.807) is 21.6 Å². The number of anilines is 2. The summed E-state index contributed by atoms with van der Waals surface area (Å²) >= 11 is 0. The van der Waals surface area contributed by atoms with Crippen molar-refractivity contribution in [2.24, 2.45) is 0 Å². The molecule has 2 amide bonds. The third kappa shape index (κ3) is 7.79. The second-order valence-corrected chi connectivity index (χ2v) is 19.8. The van der Waals surface area contributed by atoms with Crippen molar-refractivity contribution in [2.75, 3.05) is 62.6 Å². The Morgan fingerprint density at radius 2 is 0.900 bits per heavy atom. The van der Waals surface area contributed by atoms with Crippen molar-refractivity contribution in [3.63, 3.8) is 0 Å². The maximum atomic E-state index is 13.3. The van der Waals surface area contributed by atoms with Crippen LogP contribution in [-0.4, -0.2) is 64.6 Å². The molecule has 4 aromatic carbocycles. The van der Waals surface area contributed by atoms with Crippen molar-refractivity contribution in [3.05, 3.63) is 155 Å². The molecule has 0 spiro atoms. The van der Waals surface area contributed by atoms with E-state index in [0.717, 1.165) is 34.0 Å². The highest BCUT2D eigenvalue weighted by Gasteiger charge is 2.45. The van der Waals surface area contributed by atoms with Crippen LogP contribution >= 0.6 is 21.6 Å². The van der Waals surface area contributed by atoms with Crippen LogP contribution in [0, 0.1) is 0 Å². The number of carbonyl (C=O) groups is 2. The Kier molecular flexibility index (Phi) is 11.3. The zero-order valence-corrected chi connectivity index (χ0v) is 37.4. The van der Waals surface area contributed by atoms with E-state index in [4.69, 9.17) is 0 Å². The minimum atomic E-state index is -0.264. The Labute approximate surface area is 362 Å². The van der Waals surface area contributed by atoms with Gasteiger partial charge in [0.15, 0.2) is 23.8 Å². The number of hydrogen-bond acceptors (Lipinski definition) is 6. The fraction of sp³-hybridized carbons (Fsp3) is 0.280. The predicted octanol–water partition coefficient (Wildman–Crippen LogP) is 8.53. The van der Waals surface area contributed by atoms with E-state index >= 15 is 0 Å². The third-order valence-electron chi connectivity index (χ3n) is 12.0. The van der Waals surface area contributed by atoms with Gasteiger partial charge < -0.3 is 20.4 Å². The lowest BCUT2D eigenvalue weighted by Crippen LogP contribution is -2.34. The molecule has 8 rings (SSSR count). The first-order valence-corrected chi connectivity index (χ1v) is 23.0. The van der Waals surface area contributed by atoms with Gasteiger partial charge in [0.05, 0.1) is 10.8 Å². The maximum Gasteiger partial charge on any atom is 0.251 e. The SMILES string of the molecule is CN(C)c1ccc(-c2cc[n+]3c(c2)C(C)(C)c2cc(C(=O)NCCSSCCNC(=O)c4ccc5c(c4)C(C)(C)c4cc(-c6ccc(N(C)C)cc6)cc[n+]4-5)ccc2-3)cc1. The number of aromatic nitrogens is 2. The van der Waals surface area contributed by atoms with Crippen LogP contribution in [0.4, 0.5) is 11.4 Å². The van der Waals surface area contributed by atoms with Crippen LogP contribution in [0.2, 0.25) is 0 Å². The predicted molar refractivity (Wildman–Crippen MR) is 249 cm³/mol. The van der Waals surface area contributed by atoms with E-state index in [2.05, 4.69) is 195 Å². The van der Waals surface area contributed by atoms with Crippen LogP contribution in [0.1, 0.15) is 70.9 Å². The molecule has 0 aliphatic carbocycles. The second kappa shape index (κ2) is 16.5. The molecule has 0 saturated carbocycles. The van der Waals surface area contributed by atoms with Gasteiger partial charge in [-0.05, 0) is 98.5 Å². The van der Waals surface area contributed by atoms with E-state index in [-0.39, 0.29) is 22.6 Å². The van der Waals surface area contributed by atoms with E-state index in [1.807, 2.05) is 12.1 Å². The fourth-order valence-corrected chi connectivity index (χ4v) is 10.2. The first kappa shape index (κ1) is 41.2. The monoisotopic (exact) mass is 834 g/mol. The molecule has 0 saturated heterocycles. The molecule has 0 bridgehead atoms. The number of nitrogens with zero attached hydrogens (tertiary/aromatic N) is 4. The number of pyridine rings is 2. The fourth-order valence-electron chi connectivity index (χ4n) is 8.43. The van der Waals surface area contributed by atoms with Crippen molar-refractivity contribution in [1.82, 2.24) is 10.6 Å². The van der Waals surface area contributed by atoms with Gasteiger partial charge in [0.1, 0.15) is 0 Å². The summed E-state index contributed by atoms with van der Waals surface area (Å²) in [5.41, 5.74) is 14.8. The molecule has 60 heavy (non-hydrogen) atoms. The van der Waals surface area contributed by atoms with Crippen molar-refractivity contribution >= 4 is 44.8 Å². The molecule has 306 valence electrons. The normalized spacial score (nSPS) is 13.8. The Hall–Kier alpha value is -5.58. The topological polar surface area (TPSA) is 72.4 Å². The van der Waals surface area contributed by atoms with Gasteiger partial charge >= 0.3 is 0 Å². The molecule has 2 aliphatic rings. The summed E-state index contributed by atoms with van der Waals surface area (Å²) in [6.45, 7) is 10.0. The van der Waals surface area contributed by atoms with Crippen LogP contribution in [0.15, 0.2) is 122 Å². The first-order chi connectivity index (χ1) is 28.7. The lowest BCUT2D eigenvalue weighted by Gasteiger charge is -2.16. The average molecular weight is 835 g/mol. The molecule has 8 nitrogen and oxygen atoms in total. The third-order valence-corrected chi connectivity index (χ3v) is 14.4. The van der Waals surface area contributed by atoms with E-state index in [9.17, 15) is 9.59 Å². The van der Waals surface area contributed by atoms with E-state index in [1.165, 1.54) is 45.0 Å². The molecule has 2 aromatic heterocycles. The number of hydrogen-bond donors (Lipinski definition) is 2. The Bertz CT molecular complexity index is 2420. The largest absolute Gasteiger partial charge is 0.378 e. The summed E-state index contributed by atoms with van der Waals surface area (Å²) in [4.78, 5) is 30.8. The number of rotatable bonds is 13. The van der Waals surface area contributed by atoms with Crippen LogP contribution in [0.25, 0.3) is 33.6 Å². The van der Waals surface area contributed by atoms with Gasteiger partial charge in [0.2, 0.25) is 11.4 Å². The van der Waals surface area contributed by atoms with Gasteiger partial charge in [-0.1, -0.05) is 45.9 Å². The standard InChI is InChI=1S/C50H52N6O2S2/c1-49(2)41-29-37(13-19-43(41)55-25-21-35(31-45(49)55)33-9-15-39(16-10-33)53(5)6)47(57)51-23-27-59-60-28-24-52-48(58)38-14-20-44-42(30-38)50(3,4)46-32-36(22-26-56(44)46)34-11-17-40(18-12-34)54(7)8/h9-22,25-26,29-32H,23-24,27-28H2,1-8H3/p+2. The minimum absolute atomic E-state index is 0.0662. The van der Waals surface area contributed by atoms with Crippen molar-refractivity contribution in [1.29, 1.82) is 0 Å². The van der Waals surface area contributed by atoms with Gasteiger partial charge in [-0.2, -0.15) is 9.13 Å². The number of amides is 2. The second-order valence-electron chi connectivity index (χ2n) is 17.1. The van der Waals surface area contributed by atoms with Crippen LogP contribution in [0.5, 0.6) is 0 Å². The summed E-state index contributed by atoms with van der Waals surface area (Å²) in [6, 6.07) is 38.2. The van der Waals surface area contributed by atoms with Crippen LogP contribution in [-0.2, 0) is 10.8 Å². The summed E-state index contributed by atoms with van der Waals surface area (Å²) < 4.78 is 4.50. The van der Waals surface area contributed by atoms with Crippen molar-refractivity contribution in [3.8, 4) is 33.6 Å². The molecular weight excluding hydrogens is 781 g/mol. The molecule has 10 heteroatoms. The molecule has 2 N–H and O–H groups in total. The van der Waals surface area contributed by atoms with Crippen molar-refractivity contribution < 1.29 is 18.7 Å². The van der Waals surface area contributed by atoms with Gasteiger partial charge in [0, 0.05) is 123 Å². The number of fused-ring (bicyclic) bond motifs is 6. The van der Waals surface area contributed by atoms with E-state index in [0.29, 0.717) is 24.2 Å². The van der Waals surface area contributed by atoms with Crippen LogP contribution in [0.3, 0.4) is 0 Å². The summed E-state index contributed by atoms with van der Waals surface area (Å²) in [5, 5.41) is 6.21. The zero-order valence-electron chi connectivity index (χ0n) is 35.8. The summed E-state index contributed by atoms with van der Waals surface area (Å²) in [7, 11) is 11.6. The molecule has 4 heterocycles. The first-order valence-electron chi connectivity index (χ1n) is 20.5. The Morgan fingerprint density at radius 1 is 0.517 bits per heavy atom. The van der Waals surface area contributed by atoms with Crippen LogP contribution < -0.4 is 29.6 Å². The Balaban J connectivity index is 0.796. The van der Waals surface area contributed by atoms with Gasteiger partial charge in [0.25, 0.3) is 11.8 Å². The number of benzene rings is 4. The molecule has 0 atom stereocenters. The van der Waals surface area contributed by atoms with Gasteiger partial charge in [-0.15, -0.1) is 0 Å². The highest BCUT2D eigenvalue weighted by atomic mass is 33.1. The summed E-state index contributed by atoms with van der Waals surface area (Å²) in [5.74, 6) is 1.40. The minimum Gasteiger partial charge on any atom is -0.378 e. The highest BCUT2D eigenvalue weighted by Crippen LogP contribution is 2.41. The number of nitrogens with one attached hydrogen (secondary N) is 2. The Morgan fingerprint density at radius 3 is 1.27 bits per heavy atom. The van der Waals surface area contributed by atoms with E-state index < -0.39 is 0 Å². The molecule has 0 radical (unpaired) electrons. The van der Waals surface area contributed by atoms with Gasteiger partial charge in [-0.25, -0.2) is 0 Å². The van der Waals surface area contributed by atoms with Gasteiger partial charge in [-0.3, -0.25) is 9.59 Å². The highest BCUT2D eigenvalue weighted by molar-refractivity contribution is 8.76. The number of carbonyl (C=O) groups excluding carboxylic acids is 2. The molecule has 6 aromatic rings. The smallest absolute Gasteiger partial charge is 0.251 e. The average Bonchev–Trinajstić information content (AvgIpc) is 3.62. The molecule has 0 fully saturated rings. The molecular formula is C50H54N6O2S2+2. The lowest BCUT2D eigenvalue weighted by atomic mass is 9.82. The molecule has 2 aliphatic heterocycles. The van der Waals surface area contributed by atoms with Crippen molar-refractivity contribution in [2.45, 2.75) is 38.5 Å². The summed E-state index contributed by atoms with van der Waals surface area (Å²) in [6.07, 6.45) is 4.29. The molecule has 0 unspecified atom stereocenters.